The molecular formula is C23H24N2O. The summed E-state index contributed by atoms with van der Waals surface area (Å²) in [5.41, 5.74) is 2.61. The van der Waals surface area contributed by atoms with Gasteiger partial charge < -0.3 is 10.1 Å². The summed E-state index contributed by atoms with van der Waals surface area (Å²) in [7, 11) is 0. The van der Waals surface area contributed by atoms with Crippen LogP contribution in [0.1, 0.15) is 17.5 Å². The van der Waals surface area contributed by atoms with Crippen LogP contribution in [-0.2, 0) is 13.0 Å². The zero-order valence-electron chi connectivity index (χ0n) is 14.9. The molecule has 4 rings (SSSR count). The summed E-state index contributed by atoms with van der Waals surface area (Å²) in [5, 5.41) is 12.2. The molecule has 2 unspecified atom stereocenters. The largest absolute Gasteiger partial charge is 0.377 e. The van der Waals surface area contributed by atoms with Crippen LogP contribution in [0.5, 0.6) is 0 Å². The molecule has 1 aliphatic heterocycles. The van der Waals surface area contributed by atoms with Crippen molar-refractivity contribution in [3.05, 3.63) is 71.9 Å². The van der Waals surface area contributed by atoms with E-state index in [1.807, 2.05) is 12.1 Å². The van der Waals surface area contributed by atoms with E-state index in [-0.39, 0.29) is 5.92 Å². The molecule has 0 spiro atoms. The molecule has 1 saturated heterocycles. The van der Waals surface area contributed by atoms with Crippen molar-refractivity contribution in [2.75, 3.05) is 13.1 Å². The highest BCUT2D eigenvalue weighted by Crippen LogP contribution is 2.33. The van der Waals surface area contributed by atoms with Crippen LogP contribution >= 0.6 is 0 Å². The number of rotatable bonds is 4. The first-order valence-corrected chi connectivity index (χ1v) is 9.19. The van der Waals surface area contributed by atoms with Crippen LogP contribution in [0.15, 0.2) is 60.8 Å². The minimum Gasteiger partial charge on any atom is -0.377 e. The molecule has 3 heteroatoms. The Labute approximate surface area is 154 Å². The Morgan fingerprint density at radius 3 is 2.73 bits per heavy atom. The fourth-order valence-corrected chi connectivity index (χ4v) is 4.06. The number of hydrogen-bond donors (Lipinski definition) is 2. The fourth-order valence-electron chi connectivity index (χ4n) is 4.06. The number of para-hydroxylation sites is 1. The zero-order chi connectivity index (χ0) is 18.0. The van der Waals surface area contributed by atoms with Gasteiger partial charge in [-0.3, -0.25) is 4.90 Å². The number of aliphatic hydroxyl groups is 1. The average molecular weight is 344 g/mol. The first kappa shape index (κ1) is 16.9. The summed E-state index contributed by atoms with van der Waals surface area (Å²) in [4.78, 5) is 5.73. The predicted octanol–water partition coefficient (Wildman–Crippen LogP) is 3.60. The minimum atomic E-state index is -1.04. The SMILES string of the molecule is C#CC1(O)CCN(Cc2ccccc2)CC1Cc1c[nH]c2ccccc12. The van der Waals surface area contributed by atoms with Gasteiger partial charge in [-0.1, -0.05) is 54.5 Å². The molecule has 0 amide bonds. The number of piperidine rings is 1. The fraction of sp³-hybridized carbons (Fsp3) is 0.304. The van der Waals surface area contributed by atoms with Gasteiger partial charge in [0, 0.05) is 49.1 Å². The van der Waals surface area contributed by atoms with E-state index < -0.39 is 5.60 Å². The summed E-state index contributed by atoms with van der Waals surface area (Å²) in [6, 6.07) is 18.8. The lowest BCUT2D eigenvalue weighted by molar-refractivity contribution is -0.0289. The number of nitrogens with one attached hydrogen (secondary N) is 1. The highest BCUT2D eigenvalue weighted by Gasteiger charge is 2.40. The highest BCUT2D eigenvalue weighted by atomic mass is 16.3. The van der Waals surface area contributed by atoms with Crippen molar-refractivity contribution in [2.24, 2.45) is 5.92 Å². The lowest BCUT2D eigenvalue weighted by Crippen LogP contribution is -2.51. The second-order valence-corrected chi connectivity index (χ2v) is 7.30. The molecule has 3 nitrogen and oxygen atoms in total. The van der Waals surface area contributed by atoms with Crippen LogP contribution in [0.4, 0.5) is 0 Å². The number of likely N-dealkylation sites (tertiary alicyclic amines) is 1. The Morgan fingerprint density at radius 2 is 1.92 bits per heavy atom. The molecular weight excluding hydrogens is 320 g/mol. The molecule has 3 aromatic rings. The van der Waals surface area contributed by atoms with Crippen LogP contribution in [0.25, 0.3) is 10.9 Å². The Balaban J connectivity index is 1.55. The number of terminal acetylenes is 1. The molecule has 1 fully saturated rings. The third kappa shape index (κ3) is 3.26. The number of H-pyrrole nitrogens is 1. The van der Waals surface area contributed by atoms with Crippen LogP contribution < -0.4 is 0 Å². The normalized spacial score (nSPS) is 23.8. The van der Waals surface area contributed by atoms with E-state index in [4.69, 9.17) is 6.42 Å². The lowest BCUT2D eigenvalue weighted by atomic mass is 9.78. The van der Waals surface area contributed by atoms with Crippen molar-refractivity contribution in [1.82, 2.24) is 9.88 Å². The highest BCUT2D eigenvalue weighted by molar-refractivity contribution is 5.83. The topological polar surface area (TPSA) is 39.3 Å². The van der Waals surface area contributed by atoms with E-state index >= 15 is 0 Å². The van der Waals surface area contributed by atoms with Crippen molar-refractivity contribution in [3.8, 4) is 12.3 Å². The van der Waals surface area contributed by atoms with Crippen LogP contribution in [0.3, 0.4) is 0 Å². The van der Waals surface area contributed by atoms with E-state index in [1.165, 1.54) is 16.5 Å². The molecule has 2 heterocycles. The predicted molar refractivity (Wildman–Crippen MR) is 106 cm³/mol. The summed E-state index contributed by atoms with van der Waals surface area (Å²) in [6.45, 7) is 2.51. The van der Waals surface area contributed by atoms with Gasteiger partial charge in [0.15, 0.2) is 0 Å². The summed E-state index contributed by atoms with van der Waals surface area (Å²) in [6.07, 6.45) is 9.18. The smallest absolute Gasteiger partial charge is 0.130 e. The standard InChI is InChI=1S/C23H24N2O/c1-2-23(26)12-13-25(16-18-8-4-3-5-9-18)17-20(23)14-19-15-24-22-11-7-6-10-21(19)22/h1,3-11,15,20,24,26H,12-14,16-17H2. The van der Waals surface area contributed by atoms with Gasteiger partial charge >= 0.3 is 0 Å². The summed E-state index contributed by atoms with van der Waals surface area (Å²) < 4.78 is 0. The number of aromatic amines is 1. The molecule has 132 valence electrons. The Hall–Kier alpha value is -2.54. The maximum Gasteiger partial charge on any atom is 0.130 e. The van der Waals surface area contributed by atoms with Gasteiger partial charge in [0.1, 0.15) is 5.60 Å². The van der Waals surface area contributed by atoms with Crippen LogP contribution in [0, 0.1) is 18.3 Å². The van der Waals surface area contributed by atoms with Crippen molar-refractivity contribution < 1.29 is 5.11 Å². The van der Waals surface area contributed by atoms with E-state index in [9.17, 15) is 5.11 Å². The quantitative estimate of drug-likeness (QED) is 0.710. The maximum absolute atomic E-state index is 11.0. The third-order valence-corrected chi connectivity index (χ3v) is 5.60. The van der Waals surface area contributed by atoms with Crippen LogP contribution in [-0.4, -0.2) is 33.7 Å². The Kier molecular flexibility index (Phi) is 4.55. The van der Waals surface area contributed by atoms with Crippen molar-refractivity contribution in [2.45, 2.75) is 25.0 Å². The van der Waals surface area contributed by atoms with Gasteiger partial charge in [0.2, 0.25) is 0 Å². The molecule has 0 radical (unpaired) electrons. The van der Waals surface area contributed by atoms with E-state index in [0.29, 0.717) is 6.42 Å². The summed E-state index contributed by atoms with van der Waals surface area (Å²) in [5.74, 6) is 2.71. The maximum atomic E-state index is 11.0. The number of benzene rings is 2. The first-order valence-electron chi connectivity index (χ1n) is 9.19. The molecule has 0 bridgehead atoms. The Bertz CT molecular complexity index is 924. The van der Waals surface area contributed by atoms with Gasteiger partial charge in [-0.2, -0.15) is 0 Å². The molecule has 26 heavy (non-hydrogen) atoms. The van der Waals surface area contributed by atoms with Crippen molar-refractivity contribution in [3.63, 3.8) is 0 Å². The number of nitrogens with zero attached hydrogens (tertiary/aromatic N) is 1. The molecule has 1 aliphatic rings. The lowest BCUT2D eigenvalue weighted by Gasteiger charge is -2.42. The second-order valence-electron chi connectivity index (χ2n) is 7.30. The minimum absolute atomic E-state index is 0.0177. The molecule has 0 saturated carbocycles. The average Bonchev–Trinajstić information content (AvgIpc) is 3.08. The third-order valence-electron chi connectivity index (χ3n) is 5.60. The molecule has 0 aliphatic carbocycles. The van der Waals surface area contributed by atoms with Gasteiger partial charge in [-0.15, -0.1) is 6.42 Å². The molecule has 1 aromatic heterocycles. The number of aromatic nitrogens is 1. The molecule has 2 N–H and O–H groups in total. The number of fused-ring (bicyclic) bond motifs is 1. The van der Waals surface area contributed by atoms with Gasteiger partial charge in [0.25, 0.3) is 0 Å². The van der Waals surface area contributed by atoms with E-state index in [2.05, 4.69) is 64.5 Å². The van der Waals surface area contributed by atoms with Gasteiger partial charge in [-0.05, 0) is 23.6 Å². The van der Waals surface area contributed by atoms with Gasteiger partial charge in [-0.25, -0.2) is 0 Å². The Morgan fingerprint density at radius 1 is 1.15 bits per heavy atom. The monoisotopic (exact) mass is 344 g/mol. The van der Waals surface area contributed by atoms with E-state index in [1.54, 1.807) is 0 Å². The van der Waals surface area contributed by atoms with Crippen LogP contribution in [0.2, 0.25) is 0 Å². The van der Waals surface area contributed by atoms with Gasteiger partial charge in [0.05, 0.1) is 0 Å². The number of hydrogen-bond acceptors (Lipinski definition) is 2. The molecule has 2 aromatic carbocycles. The summed E-state index contributed by atoms with van der Waals surface area (Å²) >= 11 is 0. The van der Waals surface area contributed by atoms with E-state index in [0.717, 1.165) is 31.6 Å². The van der Waals surface area contributed by atoms with Crippen molar-refractivity contribution in [1.29, 1.82) is 0 Å². The first-order chi connectivity index (χ1) is 12.7. The van der Waals surface area contributed by atoms with Crippen molar-refractivity contribution >= 4 is 10.9 Å². The molecule has 2 atom stereocenters. The zero-order valence-corrected chi connectivity index (χ0v) is 14.9. The second kappa shape index (κ2) is 6.99.